The van der Waals surface area contributed by atoms with Crippen molar-refractivity contribution in [2.45, 2.75) is 38.4 Å². The van der Waals surface area contributed by atoms with Crippen molar-refractivity contribution in [1.82, 2.24) is 15.1 Å². The highest BCUT2D eigenvalue weighted by molar-refractivity contribution is 5.04. The molecule has 5 heteroatoms. The smallest absolute Gasteiger partial charge is 0.0662 e. The van der Waals surface area contributed by atoms with Gasteiger partial charge in [-0.3, -0.25) is 4.68 Å². The van der Waals surface area contributed by atoms with Crippen LogP contribution < -0.4 is 5.32 Å². The van der Waals surface area contributed by atoms with Gasteiger partial charge in [0.2, 0.25) is 0 Å². The first-order valence-electron chi connectivity index (χ1n) is 6.70. The zero-order valence-corrected chi connectivity index (χ0v) is 11.1. The van der Waals surface area contributed by atoms with Crippen LogP contribution in [0.15, 0.2) is 12.4 Å². The number of rotatable bonds is 10. The molecule has 1 aromatic rings. The number of nitrogens with one attached hydrogen (secondary N) is 1. The molecule has 1 N–H and O–H groups in total. The Kier molecular flexibility index (Phi) is 5.64. The van der Waals surface area contributed by atoms with Crippen molar-refractivity contribution in [3.8, 4) is 0 Å². The average molecular weight is 253 g/mol. The van der Waals surface area contributed by atoms with Gasteiger partial charge >= 0.3 is 0 Å². The molecule has 1 saturated carbocycles. The fraction of sp³-hybridized carbons (Fsp3) is 0.769. The Labute approximate surface area is 108 Å². The Morgan fingerprint density at radius 3 is 3.06 bits per heavy atom. The van der Waals surface area contributed by atoms with Crippen LogP contribution in [0.2, 0.25) is 0 Å². The van der Waals surface area contributed by atoms with Crippen LogP contribution in [0, 0.1) is 0 Å². The fourth-order valence-electron chi connectivity index (χ4n) is 1.74. The molecule has 1 heterocycles. The number of aromatic nitrogens is 2. The van der Waals surface area contributed by atoms with Crippen molar-refractivity contribution in [3.63, 3.8) is 0 Å². The van der Waals surface area contributed by atoms with Crippen molar-refractivity contribution in [2.24, 2.45) is 0 Å². The summed E-state index contributed by atoms with van der Waals surface area (Å²) in [6, 6.07) is 0.748. The normalized spacial score (nSPS) is 15.2. The average Bonchev–Trinajstić information content (AvgIpc) is 3.11. The van der Waals surface area contributed by atoms with Gasteiger partial charge in [-0.05, 0) is 19.3 Å². The van der Waals surface area contributed by atoms with E-state index >= 15 is 0 Å². The summed E-state index contributed by atoms with van der Waals surface area (Å²) in [7, 11) is 1.71. The first-order chi connectivity index (χ1) is 8.88. The lowest BCUT2D eigenvalue weighted by Crippen LogP contribution is -2.14. The lowest BCUT2D eigenvalue weighted by molar-refractivity contribution is 0.0961. The molecular weight excluding hydrogens is 230 g/mol. The molecular formula is C13H23N3O2. The van der Waals surface area contributed by atoms with Gasteiger partial charge in [-0.15, -0.1) is 0 Å². The summed E-state index contributed by atoms with van der Waals surface area (Å²) in [6.45, 7) is 3.97. The molecule has 5 nitrogen and oxygen atoms in total. The van der Waals surface area contributed by atoms with Crippen LogP contribution in [-0.4, -0.2) is 42.8 Å². The topological polar surface area (TPSA) is 48.3 Å². The van der Waals surface area contributed by atoms with Crippen LogP contribution >= 0.6 is 0 Å². The summed E-state index contributed by atoms with van der Waals surface area (Å²) in [4.78, 5) is 0. The molecule has 1 aliphatic carbocycles. The van der Waals surface area contributed by atoms with E-state index in [1.165, 1.54) is 18.4 Å². The lowest BCUT2D eigenvalue weighted by Gasteiger charge is -2.04. The van der Waals surface area contributed by atoms with Crippen LogP contribution in [0.25, 0.3) is 0 Å². The number of methoxy groups -OCH3 is 1. The Balaban J connectivity index is 1.54. The molecule has 0 aromatic carbocycles. The molecule has 18 heavy (non-hydrogen) atoms. The molecule has 2 rings (SSSR count). The summed E-state index contributed by atoms with van der Waals surface area (Å²) >= 11 is 0. The fourth-order valence-corrected chi connectivity index (χ4v) is 1.74. The maximum atomic E-state index is 5.50. The van der Waals surface area contributed by atoms with Crippen LogP contribution in [-0.2, 0) is 22.6 Å². The van der Waals surface area contributed by atoms with Gasteiger partial charge in [0.05, 0.1) is 19.3 Å². The Morgan fingerprint density at radius 1 is 1.39 bits per heavy atom. The second-order valence-corrected chi connectivity index (χ2v) is 4.73. The van der Waals surface area contributed by atoms with Gasteiger partial charge in [-0.25, -0.2) is 0 Å². The van der Waals surface area contributed by atoms with Gasteiger partial charge in [0.1, 0.15) is 0 Å². The lowest BCUT2D eigenvalue weighted by atomic mass is 10.3. The third kappa shape index (κ3) is 5.16. The molecule has 0 unspecified atom stereocenters. The van der Waals surface area contributed by atoms with Crippen molar-refractivity contribution in [2.75, 3.05) is 26.9 Å². The van der Waals surface area contributed by atoms with E-state index in [1.807, 2.05) is 10.9 Å². The Hall–Kier alpha value is -0.910. The zero-order chi connectivity index (χ0) is 12.6. The Bertz CT molecular complexity index is 337. The molecule has 1 aliphatic rings. The van der Waals surface area contributed by atoms with Gasteiger partial charge in [-0.1, -0.05) is 0 Å². The van der Waals surface area contributed by atoms with Gasteiger partial charge in [0.25, 0.3) is 0 Å². The molecule has 1 fully saturated rings. The van der Waals surface area contributed by atoms with Gasteiger partial charge in [0, 0.05) is 44.7 Å². The van der Waals surface area contributed by atoms with Gasteiger partial charge < -0.3 is 14.8 Å². The molecule has 102 valence electrons. The maximum absolute atomic E-state index is 5.50. The van der Waals surface area contributed by atoms with Gasteiger partial charge in [0.15, 0.2) is 0 Å². The molecule has 1 aromatic heterocycles. The van der Waals surface area contributed by atoms with E-state index in [0.29, 0.717) is 6.61 Å². The zero-order valence-electron chi connectivity index (χ0n) is 11.1. The van der Waals surface area contributed by atoms with Crippen LogP contribution in [0.3, 0.4) is 0 Å². The highest BCUT2D eigenvalue weighted by atomic mass is 16.5. The standard InChI is InChI=1S/C13H23N3O2/c1-17-6-2-7-18-8-5-16-11-12(10-15-16)9-14-13-3-4-13/h10-11,13-14H,2-9H2,1H3. The molecule has 0 aliphatic heterocycles. The number of ether oxygens (including phenoxy) is 2. The number of nitrogens with zero attached hydrogens (tertiary/aromatic N) is 2. The summed E-state index contributed by atoms with van der Waals surface area (Å²) in [5, 5.41) is 7.80. The molecule has 0 spiro atoms. The monoisotopic (exact) mass is 253 g/mol. The second kappa shape index (κ2) is 7.51. The molecule has 0 saturated heterocycles. The highest BCUT2D eigenvalue weighted by Crippen LogP contribution is 2.19. The van der Waals surface area contributed by atoms with Crippen molar-refractivity contribution >= 4 is 0 Å². The molecule has 0 amide bonds. The minimum Gasteiger partial charge on any atom is -0.385 e. The first-order valence-corrected chi connectivity index (χ1v) is 6.70. The minimum atomic E-state index is 0.709. The second-order valence-electron chi connectivity index (χ2n) is 4.73. The van der Waals surface area contributed by atoms with Crippen LogP contribution in [0.5, 0.6) is 0 Å². The van der Waals surface area contributed by atoms with E-state index in [4.69, 9.17) is 9.47 Å². The predicted octanol–water partition coefficient (Wildman–Crippen LogP) is 1.19. The van der Waals surface area contributed by atoms with E-state index in [9.17, 15) is 0 Å². The summed E-state index contributed by atoms with van der Waals surface area (Å²) in [6.07, 6.45) is 7.62. The summed E-state index contributed by atoms with van der Waals surface area (Å²) in [5.41, 5.74) is 1.25. The molecule has 0 bridgehead atoms. The number of hydrogen-bond donors (Lipinski definition) is 1. The van der Waals surface area contributed by atoms with E-state index < -0.39 is 0 Å². The summed E-state index contributed by atoms with van der Waals surface area (Å²) < 4.78 is 12.4. The first kappa shape index (κ1) is 13.5. The van der Waals surface area contributed by atoms with Crippen LogP contribution in [0.4, 0.5) is 0 Å². The molecule has 0 atom stereocenters. The van der Waals surface area contributed by atoms with E-state index in [0.717, 1.165) is 38.8 Å². The molecule has 0 radical (unpaired) electrons. The number of hydrogen-bond acceptors (Lipinski definition) is 4. The summed E-state index contributed by atoms with van der Waals surface area (Å²) in [5.74, 6) is 0. The van der Waals surface area contributed by atoms with Crippen molar-refractivity contribution in [3.05, 3.63) is 18.0 Å². The van der Waals surface area contributed by atoms with Gasteiger partial charge in [-0.2, -0.15) is 5.10 Å². The van der Waals surface area contributed by atoms with Crippen molar-refractivity contribution < 1.29 is 9.47 Å². The SMILES string of the molecule is COCCCOCCn1cc(CNC2CC2)cn1. The van der Waals surface area contributed by atoms with Crippen molar-refractivity contribution in [1.29, 1.82) is 0 Å². The van der Waals surface area contributed by atoms with Crippen LogP contribution in [0.1, 0.15) is 24.8 Å². The maximum Gasteiger partial charge on any atom is 0.0662 e. The third-order valence-electron chi connectivity index (χ3n) is 2.96. The third-order valence-corrected chi connectivity index (χ3v) is 2.96. The quantitative estimate of drug-likeness (QED) is 0.636. The highest BCUT2D eigenvalue weighted by Gasteiger charge is 2.20. The van der Waals surface area contributed by atoms with E-state index in [2.05, 4.69) is 16.6 Å². The minimum absolute atomic E-state index is 0.709. The van der Waals surface area contributed by atoms with E-state index in [-0.39, 0.29) is 0 Å². The van der Waals surface area contributed by atoms with E-state index in [1.54, 1.807) is 7.11 Å². The Morgan fingerprint density at radius 2 is 2.28 bits per heavy atom. The largest absolute Gasteiger partial charge is 0.385 e. The predicted molar refractivity (Wildman–Crippen MR) is 69.4 cm³/mol.